The Morgan fingerprint density at radius 3 is 2.29 bits per heavy atom. The van der Waals surface area contributed by atoms with Crippen molar-refractivity contribution in [3.8, 4) is 0 Å². The summed E-state index contributed by atoms with van der Waals surface area (Å²) in [7, 11) is 1.76. The second-order valence-corrected chi connectivity index (χ2v) is 11.3. The molecule has 3 N–H and O–H groups in total. The van der Waals surface area contributed by atoms with Crippen molar-refractivity contribution in [2.45, 2.75) is 25.4 Å². The molecule has 0 radical (unpaired) electrons. The van der Waals surface area contributed by atoms with Crippen molar-refractivity contribution < 1.29 is 14.3 Å². The van der Waals surface area contributed by atoms with E-state index in [0.717, 1.165) is 34.7 Å². The highest BCUT2D eigenvalue weighted by molar-refractivity contribution is 5.98. The summed E-state index contributed by atoms with van der Waals surface area (Å²) in [5.74, 6) is -0.698. The average molecular weight is 600 g/mol. The summed E-state index contributed by atoms with van der Waals surface area (Å²) in [6.45, 7) is 1.44. The van der Waals surface area contributed by atoms with Gasteiger partial charge in [-0.25, -0.2) is 4.79 Å². The van der Waals surface area contributed by atoms with Crippen LogP contribution < -0.4 is 16.0 Å². The number of nitrogens with zero attached hydrogens (tertiary/aromatic N) is 3. The lowest BCUT2D eigenvalue weighted by molar-refractivity contribution is -0.117. The predicted octanol–water partition coefficient (Wildman–Crippen LogP) is 6.42. The molecule has 6 rings (SSSR count). The zero-order valence-electron chi connectivity index (χ0n) is 25.4. The fraction of sp³-hybridized carbons (Fsp3) is 0.216. The maximum absolute atomic E-state index is 13.1. The summed E-state index contributed by atoms with van der Waals surface area (Å²) in [6.07, 6.45) is 5.10. The molecule has 5 aromatic rings. The number of aromatic nitrogens is 1. The Labute approximate surface area is 263 Å². The van der Waals surface area contributed by atoms with Gasteiger partial charge in [0.25, 0.3) is 0 Å². The number of likely N-dealkylation sites (N-methyl/N-ethyl adjacent to an activating group) is 1. The molecule has 45 heavy (non-hydrogen) atoms. The van der Waals surface area contributed by atoms with Gasteiger partial charge in [0.1, 0.15) is 6.61 Å². The van der Waals surface area contributed by atoms with Crippen LogP contribution in [0.3, 0.4) is 0 Å². The standard InChI is InChI=1S/C37H37N5O3/c1-41(20-21-42-34-8-4-2-6-28(34)14-15-29-7-3-5-9-35(29)42)37(44)45-25-26-10-12-27(13-11-26)33(23-38)36(43)40-32-17-16-31-24-39-19-18-30(31)22-32/h2-13,16-19,22,24,33H,14-15,20-21,23,25,38H2,1H3,(H,40,43). The van der Waals surface area contributed by atoms with Crippen molar-refractivity contribution in [2.24, 2.45) is 5.73 Å². The molecule has 0 saturated heterocycles. The van der Waals surface area contributed by atoms with E-state index in [1.807, 2.05) is 48.5 Å². The molecule has 8 nitrogen and oxygen atoms in total. The van der Waals surface area contributed by atoms with Crippen LogP contribution in [-0.4, -0.2) is 48.6 Å². The molecule has 0 saturated carbocycles. The van der Waals surface area contributed by atoms with Crippen LogP contribution in [0, 0.1) is 0 Å². The van der Waals surface area contributed by atoms with Crippen molar-refractivity contribution in [3.05, 3.63) is 132 Å². The smallest absolute Gasteiger partial charge is 0.409 e. The Morgan fingerprint density at radius 2 is 1.60 bits per heavy atom. The Balaban J connectivity index is 1.04. The molecule has 1 atom stereocenters. The fourth-order valence-corrected chi connectivity index (χ4v) is 5.84. The number of nitrogens with two attached hydrogens (primary N) is 1. The number of ether oxygens (including phenoxy) is 1. The molecular formula is C37H37N5O3. The number of hydrogen-bond donors (Lipinski definition) is 2. The van der Waals surface area contributed by atoms with Gasteiger partial charge in [-0.05, 0) is 70.8 Å². The van der Waals surface area contributed by atoms with Gasteiger partial charge in [-0.15, -0.1) is 0 Å². The van der Waals surface area contributed by atoms with E-state index in [1.54, 1.807) is 24.3 Å². The highest BCUT2D eigenvalue weighted by atomic mass is 16.6. The first-order chi connectivity index (χ1) is 22.0. The van der Waals surface area contributed by atoms with Crippen molar-refractivity contribution in [1.29, 1.82) is 0 Å². The van der Waals surface area contributed by atoms with Gasteiger partial charge >= 0.3 is 6.09 Å². The molecule has 4 aromatic carbocycles. The number of anilines is 3. The second kappa shape index (κ2) is 13.6. The Kier molecular flexibility index (Phi) is 9.03. The summed E-state index contributed by atoms with van der Waals surface area (Å²) in [6, 6.07) is 32.0. The summed E-state index contributed by atoms with van der Waals surface area (Å²) in [5, 5.41) is 4.98. The van der Waals surface area contributed by atoms with Gasteiger partial charge in [-0.2, -0.15) is 0 Å². The van der Waals surface area contributed by atoms with Gasteiger partial charge in [0.2, 0.25) is 5.91 Å². The summed E-state index contributed by atoms with van der Waals surface area (Å²) < 4.78 is 5.64. The maximum Gasteiger partial charge on any atom is 0.409 e. The Bertz CT molecular complexity index is 1760. The number of para-hydroxylation sites is 2. The van der Waals surface area contributed by atoms with Gasteiger partial charge in [0.05, 0.1) is 5.92 Å². The lowest BCUT2D eigenvalue weighted by Gasteiger charge is -2.29. The van der Waals surface area contributed by atoms with Crippen molar-refractivity contribution in [1.82, 2.24) is 9.88 Å². The fourth-order valence-electron chi connectivity index (χ4n) is 5.84. The van der Waals surface area contributed by atoms with Gasteiger partial charge in [0, 0.05) is 61.5 Å². The maximum atomic E-state index is 13.1. The van der Waals surface area contributed by atoms with Gasteiger partial charge in [-0.1, -0.05) is 66.7 Å². The molecule has 2 amide bonds. The first kappa shape index (κ1) is 29.8. The molecule has 1 aromatic heterocycles. The van der Waals surface area contributed by atoms with E-state index in [9.17, 15) is 9.59 Å². The largest absolute Gasteiger partial charge is 0.445 e. The van der Waals surface area contributed by atoms with E-state index in [-0.39, 0.29) is 25.2 Å². The number of pyridine rings is 1. The average Bonchev–Trinajstić information content (AvgIpc) is 3.23. The molecule has 228 valence electrons. The lowest BCUT2D eigenvalue weighted by atomic mass is 9.97. The molecule has 0 aliphatic carbocycles. The molecule has 0 bridgehead atoms. The first-order valence-corrected chi connectivity index (χ1v) is 15.2. The van der Waals surface area contributed by atoms with E-state index >= 15 is 0 Å². The van der Waals surface area contributed by atoms with Crippen molar-refractivity contribution in [2.75, 3.05) is 36.9 Å². The van der Waals surface area contributed by atoms with Crippen molar-refractivity contribution >= 4 is 39.8 Å². The van der Waals surface area contributed by atoms with Crippen LogP contribution in [0.25, 0.3) is 10.8 Å². The van der Waals surface area contributed by atoms with Crippen LogP contribution in [-0.2, 0) is 29.0 Å². The number of rotatable bonds is 9. The quantitative estimate of drug-likeness (QED) is 0.203. The summed E-state index contributed by atoms with van der Waals surface area (Å²) >= 11 is 0. The van der Waals surface area contributed by atoms with E-state index in [0.29, 0.717) is 18.8 Å². The molecule has 2 heterocycles. The monoisotopic (exact) mass is 599 g/mol. The number of amides is 2. The number of hydrogen-bond acceptors (Lipinski definition) is 6. The third-order valence-corrected chi connectivity index (χ3v) is 8.40. The van der Waals surface area contributed by atoms with Gasteiger partial charge in [0.15, 0.2) is 0 Å². The minimum atomic E-state index is -0.518. The molecule has 1 aliphatic heterocycles. The number of nitrogens with one attached hydrogen (secondary N) is 1. The van der Waals surface area contributed by atoms with Gasteiger partial charge in [-0.3, -0.25) is 9.78 Å². The van der Waals surface area contributed by atoms with E-state index in [4.69, 9.17) is 10.5 Å². The molecule has 0 fully saturated rings. The molecular weight excluding hydrogens is 562 g/mol. The third kappa shape index (κ3) is 6.81. The Morgan fingerprint density at radius 1 is 0.911 bits per heavy atom. The van der Waals surface area contributed by atoms with Crippen LogP contribution in [0.2, 0.25) is 0 Å². The molecule has 1 unspecified atom stereocenters. The van der Waals surface area contributed by atoms with E-state index in [2.05, 4.69) is 63.7 Å². The number of carbonyl (C=O) groups is 2. The van der Waals surface area contributed by atoms with Crippen LogP contribution >= 0.6 is 0 Å². The normalized spacial score (nSPS) is 12.9. The van der Waals surface area contributed by atoms with Gasteiger partial charge < -0.3 is 25.6 Å². The lowest BCUT2D eigenvalue weighted by Crippen LogP contribution is -2.35. The number of fused-ring (bicyclic) bond motifs is 3. The first-order valence-electron chi connectivity index (χ1n) is 15.2. The highest BCUT2D eigenvalue weighted by Gasteiger charge is 2.22. The topological polar surface area (TPSA) is 101 Å². The van der Waals surface area contributed by atoms with E-state index in [1.165, 1.54) is 22.5 Å². The summed E-state index contributed by atoms with van der Waals surface area (Å²) in [4.78, 5) is 34.1. The van der Waals surface area contributed by atoms with Crippen LogP contribution in [0.5, 0.6) is 0 Å². The zero-order chi connectivity index (χ0) is 31.2. The molecule has 0 spiro atoms. The number of carbonyl (C=O) groups excluding carboxylic acids is 2. The van der Waals surface area contributed by atoms with Crippen LogP contribution in [0.15, 0.2) is 109 Å². The minimum absolute atomic E-state index is 0.129. The number of benzene rings is 4. The predicted molar refractivity (Wildman–Crippen MR) is 179 cm³/mol. The zero-order valence-corrected chi connectivity index (χ0v) is 25.4. The number of aryl methyl sites for hydroxylation is 2. The van der Waals surface area contributed by atoms with Crippen molar-refractivity contribution in [3.63, 3.8) is 0 Å². The third-order valence-electron chi connectivity index (χ3n) is 8.40. The minimum Gasteiger partial charge on any atom is -0.445 e. The molecule has 8 heteroatoms. The highest BCUT2D eigenvalue weighted by Crippen LogP contribution is 2.35. The SMILES string of the molecule is CN(CCN1c2ccccc2CCc2ccccc21)C(=O)OCc1ccc(C(CN)C(=O)Nc2ccc3cnccc3c2)cc1. The summed E-state index contributed by atoms with van der Waals surface area (Å²) in [5.41, 5.74) is 13.3. The van der Waals surface area contributed by atoms with E-state index < -0.39 is 5.92 Å². The second-order valence-electron chi connectivity index (χ2n) is 11.3. The molecule has 1 aliphatic rings. The Hall–Kier alpha value is -5.21. The van der Waals surface area contributed by atoms with Crippen LogP contribution in [0.1, 0.15) is 28.2 Å². The van der Waals surface area contributed by atoms with Crippen LogP contribution in [0.4, 0.5) is 21.9 Å².